The number of hydrogen-bond donors (Lipinski definition) is 0. The molecule has 0 saturated carbocycles. The van der Waals surface area contributed by atoms with Crippen LogP contribution in [0.25, 0.3) is 0 Å². The number of carbonyl (C=O) groups is 1. The molecule has 0 atom stereocenters. The highest BCUT2D eigenvalue weighted by Gasteiger charge is 2.13. The lowest BCUT2D eigenvalue weighted by Gasteiger charge is -2.16. The Morgan fingerprint density at radius 1 is 1.08 bits per heavy atom. The second-order valence-electron chi connectivity index (χ2n) is 5.73. The third-order valence-electron chi connectivity index (χ3n) is 3.95. The summed E-state index contributed by atoms with van der Waals surface area (Å²) in [6, 6.07) is 8.75. The molecule has 24 heavy (non-hydrogen) atoms. The molecule has 0 radical (unpaired) electrons. The van der Waals surface area contributed by atoms with Gasteiger partial charge in [-0.1, -0.05) is 26.0 Å². The Morgan fingerprint density at radius 2 is 1.83 bits per heavy atom. The van der Waals surface area contributed by atoms with Gasteiger partial charge < -0.3 is 9.47 Å². The number of rotatable bonds is 6. The Bertz CT molecular complexity index is 738. The number of esters is 1. The van der Waals surface area contributed by atoms with Crippen LogP contribution in [0.2, 0.25) is 0 Å². The van der Waals surface area contributed by atoms with Gasteiger partial charge in [0.2, 0.25) is 0 Å². The fourth-order valence-electron chi connectivity index (χ4n) is 2.51. The van der Waals surface area contributed by atoms with Crippen LogP contribution >= 0.6 is 0 Å². The van der Waals surface area contributed by atoms with Gasteiger partial charge in [-0.25, -0.2) is 4.39 Å². The summed E-state index contributed by atoms with van der Waals surface area (Å²) < 4.78 is 25.0. The molecule has 0 aliphatic carbocycles. The van der Waals surface area contributed by atoms with Crippen molar-refractivity contribution in [2.75, 3.05) is 0 Å². The quantitative estimate of drug-likeness (QED) is 0.558. The van der Waals surface area contributed by atoms with Gasteiger partial charge in [-0.05, 0) is 49.1 Å². The first kappa shape index (κ1) is 18.0. The standard InChI is InChI=1S/C20H23FO3/c1-5-15-8-7-9-18(24-20(22)6-2)16(15)12-23-19-11-17(21)13(3)10-14(19)4/h7-11H,5-6,12H2,1-4H3. The first-order chi connectivity index (χ1) is 11.5. The van der Waals surface area contributed by atoms with Gasteiger partial charge in [-0.3, -0.25) is 4.79 Å². The topological polar surface area (TPSA) is 35.5 Å². The summed E-state index contributed by atoms with van der Waals surface area (Å²) in [5, 5.41) is 0. The van der Waals surface area contributed by atoms with Gasteiger partial charge in [0, 0.05) is 18.1 Å². The number of hydrogen-bond acceptors (Lipinski definition) is 3. The van der Waals surface area contributed by atoms with E-state index in [1.165, 1.54) is 6.07 Å². The number of benzene rings is 2. The molecule has 0 amide bonds. The molecular formula is C20H23FO3. The van der Waals surface area contributed by atoms with Crippen LogP contribution in [0, 0.1) is 19.7 Å². The van der Waals surface area contributed by atoms with E-state index in [9.17, 15) is 9.18 Å². The maximum Gasteiger partial charge on any atom is 0.310 e. The summed E-state index contributed by atoms with van der Waals surface area (Å²) in [6.07, 6.45) is 1.09. The molecule has 0 aliphatic heterocycles. The van der Waals surface area contributed by atoms with E-state index in [-0.39, 0.29) is 18.4 Å². The summed E-state index contributed by atoms with van der Waals surface area (Å²) in [5.74, 6) is 0.419. The minimum Gasteiger partial charge on any atom is -0.488 e. The maximum absolute atomic E-state index is 13.8. The third kappa shape index (κ3) is 4.13. The molecule has 0 N–H and O–H groups in total. The van der Waals surface area contributed by atoms with Crippen molar-refractivity contribution in [3.63, 3.8) is 0 Å². The van der Waals surface area contributed by atoms with Crippen LogP contribution in [0.1, 0.15) is 42.5 Å². The molecule has 2 aromatic rings. The van der Waals surface area contributed by atoms with Crippen LogP contribution in [-0.2, 0) is 17.8 Å². The molecule has 0 bridgehead atoms. The molecule has 4 heteroatoms. The van der Waals surface area contributed by atoms with E-state index in [0.717, 1.165) is 23.1 Å². The lowest BCUT2D eigenvalue weighted by atomic mass is 10.0. The first-order valence-electron chi connectivity index (χ1n) is 8.17. The van der Waals surface area contributed by atoms with Gasteiger partial charge in [0.15, 0.2) is 0 Å². The van der Waals surface area contributed by atoms with Gasteiger partial charge in [0.1, 0.15) is 23.9 Å². The lowest BCUT2D eigenvalue weighted by Crippen LogP contribution is -2.10. The Labute approximate surface area is 142 Å². The molecule has 0 spiro atoms. The molecule has 0 unspecified atom stereocenters. The van der Waals surface area contributed by atoms with Crippen molar-refractivity contribution in [2.45, 2.75) is 47.1 Å². The molecule has 128 valence electrons. The zero-order valence-electron chi connectivity index (χ0n) is 14.6. The molecule has 0 heterocycles. The van der Waals surface area contributed by atoms with Gasteiger partial charge in [-0.15, -0.1) is 0 Å². The van der Waals surface area contributed by atoms with Gasteiger partial charge in [0.05, 0.1) is 0 Å². The average molecular weight is 330 g/mol. The van der Waals surface area contributed by atoms with E-state index in [0.29, 0.717) is 23.5 Å². The normalized spacial score (nSPS) is 10.5. The van der Waals surface area contributed by atoms with E-state index >= 15 is 0 Å². The number of ether oxygens (including phenoxy) is 2. The predicted octanol–water partition coefficient (Wildman–Crippen LogP) is 4.90. The Balaban J connectivity index is 2.28. The molecule has 2 rings (SSSR count). The molecule has 0 saturated heterocycles. The smallest absolute Gasteiger partial charge is 0.310 e. The zero-order chi connectivity index (χ0) is 17.7. The number of halogens is 1. The van der Waals surface area contributed by atoms with Crippen molar-refractivity contribution in [2.24, 2.45) is 0 Å². The van der Waals surface area contributed by atoms with Crippen LogP contribution in [-0.4, -0.2) is 5.97 Å². The van der Waals surface area contributed by atoms with E-state index in [4.69, 9.17) is 9.47 Å². The summed E-state index contributed by atoms with van der Waals surface area (Å²) in [6.45, 7) is 7.60. The molecule has 0 aromatic heterocycles. The Kier molecular flexibility index (Phi) is 5.96. The summed E-state index contributed by atoms with van der Waals surface area (Å²) in [5.41, 5.74) is 3.32. The summed E-state index contributed by atoms with van der Waals surface area (Å²) in [7, 11) is 0. The van der Waals surface area contributed by atoms with Crippen molar-refractivity contribution < 1.29 is 18.7 Å². The first-order valence-corrected chi connectivity index (χ1v) is 8.17. The van der Waals surface area contributed by atoms with E-state index < -0.39 is 0 Å². The fraction of sp³-hybridized carbons (Fsp3) is 0.350. The molecule has 0 aliphatic rings. The van der Waals surface area contributed by atoms with Gasteiger partial charge in [0.25, 0.3) is 0 Å². The second-order valence-corrected chi connectivity index (χ2v) is 5.73. The number of aryl methyl sites for hydroxylation is 3. The Hall–Kier alpha value is -2.36. The van der Waals surface area contributed by atoms with Crippen molar-refractivity contribution in [3.8, 4) is 11.5 Å². The van der Waals surface area contributed by atoms with Crippen LogP contribution in [0.5, 0.6) is 11.5 Å². The molecule has 3 nitrogen and oxygen atoms in total. The van der Waals surface area contributed by atoms with Crippen molar-refractivity contribution >= 4 is 5.97 Å². The van der Waals surface area contributed by atoms with E-state index in [2.05, 4.69) is 0 Å². The highest BCUT2D eigenvalue weighted by Crippen LogP contribution is 2.28. The summed E-state index contributed by atoms with van der Waals surface area (Å²) >= 11 is 0. The van der Waals surface area contributed by atoms with Gasteiger partial charge >= 0.3 is 5.97 Å². The van der Waals surface area contributed by atoms with Crippen molar-refractivity contribution in [1.82, 2.24) is 0 Å². The highest BCUT2D eigenvalue weighted by atomic mass is 19.1. The Morgan fingerprint density at radius 3 is 2.50 bits per heavy atom. The lowest BCUT2D eigenvalue weighted by molar-refractivity contribution is -0.134. The summed E-state index contributed by atoms with van der Waals surface area (Å²) in [4.78, 5) is 11.6. The van der Waals surface area contributed by atoms with Crippen molar-refractivity contribution in [1.29, 1.82) is 0 Å². The molecular weight excluding hydrogens is 307 g/mol. The molecule has 2 aromatic carbocycles. The highest BCUT2D eigenvalue weighted by molar-refractivity contribution is 5.72. The second kappa shape index (κ2) is 7.95. The molecule has 0 fully saturated rings. The maximum atomic E-state index is 13.8. The minimum atomic E-state index is -0.294. The third-order valence-corrected chi connectivity index (χ3v) is 3.95. The zero-order valence-corrected chi connectivity index (χ0v) is 14.6. The largest absolute Gasteiger partial charge is 0.488 e. The van der Waals surface area contributed by atoms with Crippen LogP contribution in [0.3, 0.4) is 0 Å². The van der Waals surface area contributed by atoms with Gasteiger partial charge in [-0.2, -0.15) is 0 Å². The van der Waals surface area contributed by atoms with E-state index in [1.54, 1.807) is 26.0 Å². The van der Waals surface area contributed by atoms with Crippen molar-refractivity contribution in [3.05, 3.63) is 58.4 Å². The minimum absolute atomic E-state index is 0.222. The monoisotopic (exact) mass is 330 g/mol. The number of carbonyl (C=O) groups excluding carboxylic acids is 1. The van der Waals surface area contributed by atoms with Crippen LogP contribution < -0.4 is 9.47 Å². The average Bonchev–Trinajstić information content (AvgIpc) is 2.57. The van der Waals surface area contributed by atoms with Crippen LogP contribution in [0.15, 0.2) is 30.3 Å². The fourth-order valence-corrected chi connectivity index (χ4v) is 2.51. The predicted molar refractivity (Wildman–Crippen MR) is 92.0 cm³/mol. The van der Waals surface area contributed by atoms with E-state index in [1.807, 2.05) is 26.0 Å². The SMILES string of the molecule is CCC(=O)Oc1cccc(CC)c1COc1cc(F)c(C)cc1C. The van der Waals surface area contributed by atoms with Crippen LogP contribution in [0.4, 0.5) is 4.39 Å².